The zero-order valence-corrected chi connectivity index (χ0v) is 19.9. The molecule has 2 aromatic heterocycles. The number of carbonyl (C=O) groups is 2. The highest BCUT2D eigenvalue weighted by molar-refractivity contribution is 6.17. The third-order valence-electron chi connectivity index (χ3n) is 5.87. The largest absolute Gasteiger partial charge is 0.497 e. The number of pyridine rings is 1. The summed E-state index contributed by atoms with van der Waals surface area (Å²) in [4.78, 5) is 29.1. The van der Waals surface area contributed by atoms with Crippen molar-refractivity contribution in [2.75, 3.05) is 14.2 Å². The van der Waals surface area contributed by atoms with E-state index in [1.807, 2.05) is 23.6 Å². The van der Waals surface area contributed by atoms with E-state index in [9.17, 15) is 9.59 Å². The van der Waals surface area contributed by atoms with E-state index in [1.165, 1.54) is 14.0 Å². The number of aliphatic carboxylic acids is 1. The van der Waals surface area contributed by atoms with Gasteiger partial charge in [0.25, 0.3) is 0 Å². The van der Waals surface area contributed by atoms with E-state index >= 15 is 0 Å². The Morgan fingerprint density at radius 2 is 1.77 bits per heavy atom. The first-order valence-corrected chi connectivity index (χ1v) is 11.0. The molecular weight excluding hydrogens is 448 g/mol. The summed E-state index contributed by atoms with van der Waals surface area (Å²) in [6.07, 6.45) is 0.725. The minimum Gasteiger partial charge on any atom is -0.497 e. The molecule has 2 aromatic carbocycles. The van der Waals surface area contributed by atoms with Crippen LogP contribution in [0, 0.1) is 6.92 Å². The van der Waals surface area contributed by atoms with Crippen LogP contribution >= 0.6 is 0 Å². The number of nitrogens with zero attached hydrogens (tertiary/aromatic N) is 2. The summed E-state index contributed by atoms with van der Waals surface area (Å²) in [6.45, 7) is 3.82. The van der Waals surface area contributed by atoms with Gasteiger partial charge in [0.15, 0.2) is 11.9 Å². The monoisotopic (exact) mass is 474 g/mol. The number of rotatable bonds is 9. The van der Waals surface area contributed by atoms with Crippen molar-refractivity contribution in [2.24, 2.45) is 0 Å². The first-order chi connectivity index (χ1) is 16.8. The van der Waals surface area contributed by atoms with Crippen LogP contribution in [0.5, 0.6) is 17.4 Å². The van der Waals surface area contributed by atoms with Gasteiger partial charge in [0.2, 0.25) is 5.88 Å². The summed E-state index contributed by atoms with van der Waals surface area (Å²) < 4.78 is 18.1. The predicted octanol–water partition coefficient (Wildman–Crippen LogP) is 4.49. The molecule has 0 fully saturated rings. The Labute approximate surface area is 202 Å². The SMILES string of the molecule is COc1ccc(C(=O)c2c(C)n(Cc3cccc(O[C@H](C)C(=O)O)c3)c3cnc(OC)cc23)cc1. The summed E-state index contributed by atoms with van der Waals surface area (Å²) >= 11 is 0. The Morgan fingerprint density at radius 3 is 2.43 bits per heavy atom. The molecule has 4 rings (SSSR count). The maximum Gasteiger partial charge on any atom is 0.344 e. The van der Waals surface area contributed by atoms with Crippen molar-refractivity contribution in [1.29, 1.82) is 0 Å². The molecule has 0 aliphatic heterocycles. The summed E-state index contributed by atoms with van der Waals surface area (Å²) in [5, 5.41) is 9.88. The van der Waals surface area contributed by atoms with Crippen LogP contribution < -0.4 is 14.2 Å². The Balaban J connectivity index is 1.77. The van der Waals surface area contributed by atoms with Gasteiger partial charge in [-0.2, -0.15) is 0 Å². The Hall–Kier alpha value is -4.33. The van der Waals surface area contributed by atoms with Crippen molar-refractivity contribution >= 4 is 22.7 Å². The van der Waals surface area contributed by atoms with Gasteiger partial charge in [-0.1, -0.05) is 12.1 Å². The predicted molar refractivity (Wildman–Crippen MR) is 131 cm³/mol. The number of carbonyl (C=O) groups excluding carboxylic acids is 1. The van der Waals surface area contributed by atoms with Crippen molar-refractivity contribution < 1.29 is 28.9 Å². The number of methoxy groups -OCH3 is 2. The first-order valence-electron chi connectivity index (χ1n) is 11.0. The lowest BCUT2D eigenvalue weighted by Gasteiger charge is -2.13. The highest BCUT2D eigenvalue weighted by atomic mass is 16.5. The first kappa shape index (κ1) is 23.8. The maximum absolute atomic E-state index is 13.6. The fraction of sp³-hybridized carbons (Fsp3) is 0.222. The molecule has 180 valence electrons. The van der Waals surface area contributed by atoms with Gasteiger partial charge in [-0.25, -0.2) is 9.78 Å². The van der Waals surface area contributed by atoms with Crippen LogP contribution in [0.15, 0.2) is 60.8 Å². The molecule has 4 aromatic rings. The summed E-state index contributed by atoms with van der Waals surface area (Å²) in [5.41, 5.74) is 3.56. The van der Waals surface area contributed by atoms with Gasteiger partial charge in [-0.15, -0.1) is 0 Å². The van der Waals surface area contributed by atoms with E-state index in [1.54, 1.807) is 55.8 Å². The molecule has 0 radical (unpaired) electrons. The van der Waals surface area contributed by atoms with Gasteiger partial charge < -0.3 is 23.9 Å². The van der Waals surface area contributed by atoms with Gasteiger partial charge >= 0.3 is 5.97 Å². The van der Waals surface area contributed by atoms with E-state index in [4.69, 9.17) is 19.3 Å². The Bertz CT molecular complexity index is 1390. The summed E-state index contributed by atoms with van der Waals surface area (Å²) in [6, 6.07) is 16.0. The number of hydrogen-bond donors (Lipinski definition) is 1. The van der Waals surface area contributed by atoms with Crippen LogP contribution in [-0.2, 0) is 11.3 Å². The van der Waals surface area contributed by atoms with E-state index < -0.39 is 12.1 Å². The molecular formula is C27H26N2O6. The van der Waals surface area contributed by atoms with Gasteiger partial charge in [-0.3, -0.25) is 4.79 Å². The number of fused-ring (bicyclic) bond motifs is 1. The van der Waals surface area contributed by atoms with Gasteiger partial charge in [0.05, 0.1) is 31.5 Å². The fourth-order valence-corrected chi connectivity index (χ4v) is 4.00. The smallest absolute Gasteiger partial charge is 0.344 e. The van der Waals surface area contributed by atoms with Gasteiger partial charge in [0, 0.05) is 29.3 Å². The highest BCUT2D eigenvalue weighted by Crippen LogP contribution is 2.31. The van der Waals surface area contributed by atoms with Crippen molar-refractivity contribution in [3.8, 4) is 17.4 Å². The Kier molecular flexibility index (Phi) is 6.73. The summed E-state index contributed by atoms with van der Waals surface area (Å²) in [5.74, 6) is 0.391. The van der Waals surface area contributed by atoms with Crippen molar-refractivity contribution in [3.05, 3.63) is 83.2 Å². The highest BCUT2D eigenvalue weighted by Gasteiger charge is 2.23. The lowest BCUT2D eigenvalue weighted by Crippen LogP contribution is -2.22. The van der Waals surface area contributed by atoms with Crippen LogP contribution in [0.3, 0.4) is 0 Å². The minimum absolute atomic E-state index is 0.116. The van der Waals surface area contributed by atoms with Crippen LogP contribution in [0.25, 0.3) is 10.9 Å². The number of aromatic nitrogens is 2. The molecule has 8 nitrogen and oxygen atoms in total. The zero-order valence-electron chi connectivity index (χ0n) is 19.9. The number of hydrogen-bond acceptors (Lipinski definition) is 6. The second kappa shape index (κ2) is 9.89. The maximum atomic E-state index is 13.6. The van der Waals surface area contributed by atoms with Gasteiger partial charge in [-0.05, 0) is 55.8 Å². The molecule has 0 aliphatic rings. The van der Waals surface area contributed by atoms with Crippen molar-refractivity contribution in [1.82, 2.24) is 9.55 Å². The molecule has 0 saturated heterocycles. The molecule has 0 aliphatic carbocycles. The van der Waals surface area contributed by atoms with Gasteiger partial charge in [0.1, 0.15) is 11.5 Å². The fourth-order valence-electron chi connectivity index (χ4n) is 4.00. The van der Waals surface area contributed by atoms with E-state index in [0.717, 1.165) is 22.2 Å². The molecule has 1 N–H and O–H groups in total. The number of ether oxygens (including phenoxy) is 3. The molecule has 1 atom stereocenters. The number of ketones is 1. The quantitative estimate of drug-likeness (QED) is 0.357. The third-order valence-corrected chi connectivity index (χ3v) is 5.87. The molecule has 0 amide bonds. The van der Waals surface area contributed by atoms with Crippen molar-refractivity contribution in [3.63, 3.8) is 0 Å². The molecule has 0 unspecified atom stereocenters. The van der Waals surface area contributed by atoms with Crippen LogP contribution in [0.1, 0.15) is 34.1 Å². The van der Waals surface area contributed by atoms with Crippen molar-refractivity contribution in [2.45, 2.75) is 26.5 Å². The number of benzene rings is 2. The molecule has 0 spiro atoms. The molecule has 8 heteroatoms. The van der Waals surface area contributed by atoms with E-state index in [-0.39, 0.29) is 5.78 Å². The average Bonchev–Trinajstić information content (AvgIpc) is 3.14. The molecule has 0 bridgehead atoms. The van der Waals surface area contributed by atoms with E-state index in [0.29, 0.717) is 35.1 Å². The molecule has 35 heavy (non-hydrogen) atoms. The number of carboxylic acids is 1. The van der Waals surface area contributed by atoms with Crippen LogP contribution in [0.2, 0.25) is 0 Å². The third kappa shape index (κ3) is 4.82. The van der Waals surface area contributed by atoms with Crippen LogP contribution in [0.4, 0.5) is 0 Å². The second-order valence-corrected chi connectivity index (χ2v) is 8.09. The lowest BCUT2D eigenvalue weighted by molar-refractivity contribution is -0.144. The normalized spacial score (nSPS) is 11.8. The standard InChI is InChI=1S/C27H26N2O6/c1-16-25(26(30)19-8-10-20(33-3)11-9-19)22-13-24(34-4)28-14-23(22)29(16)15-18-6-5-7-21(12-18)35-17(2)27(31)32/h5-14,17H,15H2,1-4H3,(H,31,32)/t17-/m1/s1. The average molecular weight is 475 g/mol. The molecule has 2 heterocycles. The summed E-state index contributed by atoms with van der Waals surface area (Å²) in [7, 11) is 3.11. The lowest BCUT2D eigenvalue weighted by atomic mass is 10.0. The van der Waals surface area contributed by atoms with E-state index in [2.05, 4.69) is 4.98 Å². The topological polar surface area (TPSA) is 99.9 Å². The second-order valence-electron chi connectivity index (χ2n) is 8.09. The number of carboxylic acid groups (broad SMARTS) is 1. The van der Waals surface area contributed by atoms with Crippen LogP contribution in [-0.4, -0.2) is 46.7 Å². The zero-order chi connectivity index (χ0) is 25.1. The molecule has 0 saturated carbocycles. The minimum atomic E-state index is -1.04. The Morgan fingerprint density at radius 1 is 1.03 bits per heavy atom.